The zero-order chi connectivity index (χ0) is 24.1. The number of nitrogens with zero attached hydrogens (tertiary/aromatic N) is 5. The first kappa shape index (κ1) is 25.7. The normalized spacial score (nSPS) is 11.3. The summed E-state index contributed by atoms with van der Waals surface area (Å²) in [6, 6.07) is 5.16. The van der Waals surface area contributed by atoms with Crippen LogP contribution in [0.2, 0.25) is 0 Å². The number of nitrogen functional groups attached to an aromatic ring is 2. The maximum absolute atomic E-state index is 12.4. The minimum absolute atomic E-state index is 0. The molecule has 0 unspecified atom stereocenters. The average molecular weight is 472 g/mol. The Balaban J connectivity index is 0.00000408. The Labute approximate surface area is 193 Å². The summed E-state index contributed by atoms with van der Waals surface area (Å²) < 4.78 is 0. The molecule has 1 amide bonds. The molecule has 2 heterocycles. The van der Waals surface area contributed by atoms with Crippen LogP contribution in [-0.2, 0) is 16.1 Å². The molecule has 1 atom stereocenters. The zero-order valence-corrected chi connectivity index (χ0v) is 18.1. The number of hydrogen-bond acceptors (Lipinski definition) is 10. The molecule has 0 fully saturated rings. The summed E-state index contributed by atoms with van der Waals surface area (Å²) in [4.78, 5) is 52.7. The Morgan fingerprint density at radius 1 is 1.09 bits per heavy atom. The van der Waals surface area contributed by atoms with Gasteiger partial charge < -0.3 is 37.4 Å². The van der Waals surface area contributed by atoms with Gasteiger partial charge in [-0.3, -0.25) is 9.59 Å². The second-order valence-electron chi connectivity index (χ2n) is 7.20. The molecule has 14 heteroatoms. The summed E-state index contributed by atoms with van der Waals surface area (Å²) >= 11 is 0. The average Bonchev–Trinajstić information content (AvgIpc) is 2.76. The number of carbonyl (C=O) groups excluding carboxylic acids is 1. The van der Waals surface area contributed by atoms with E-state index in [1.54, 1.807) is 18.3 Å². The number of carboxylic acid groups (broad SMARTS) is 2. The Morgan fingerprint density at radius 3 is 2.38 bits per heavy atom. The quantitative estimate of drug-likeness (QED) is 0.263. The Kier molecular flexibility index (Phi) is 8.17. The smallest absolute Gasteiger partial charge is 0.326 e. The molecule has 180 valence electrons. The fraction of sp³-hybridized carbons (Fsp3) is 0.250. The summed E-state index contributed by atoms with van der Waals surface area (Å²) in [7, 11) is 1.82. The molecule has 0 aliphatic rings. The highest BCUT2D eigenvalue weighted by molar-refractivity contribution is 5.97. The predicted octanol–water partition coefficient (Wildman–Crippen LogP) is -0.556. The summed E-state index contributed by atoms with van der Waals surface area (Å²) in [6.45, 7) is 0.370. The van der Waals surface area contributed by atoms with E-state index in [4.69, 9.17) is 16.6 Å². The molecule has 0 bridgehead atoms. The van der Waals surface area contributed by atoms with E-state index in [0.717, 1.165) is 5.69 Å². The van der Waals surface area contributed by atoms with Crippen LogP contribution < -0.4 is 21.7 Å². The second kappa shape index (κ2) is 10.8. The maximum atomic E-state index is 12.4. The number of amides is 1. The number of nitrogens with one attached hydrogen (secondary N) is 1. The highest BCUT2D eigenvalue weighted by Crippen LogP contribution is 2.19. The molecule has 34 heavy (non-hydrogen) atoms. The molecule has 0 aliphatic heterocycles. The highest BCUT2D eigenvalue weighted by Gasteiger charge is 2.21. The van der Waals surface area contributed by atoms with Crippen molar-refractivity contribution in [3.8, 4) is 0 Å². The first-order valence-electron chi connectivity index (χ1n) is 9.75. The van der Waals surface area contributed by atoms with Crippen molar-refractivity contribution in [3.63, 3.8) is 0 Å². The van der Waals surface area contributed by atoms with Gasteiger partial charge in [-0.1, -0.05) is 0 Å². The van der Waals surface area contributed by atoms with Crippen molar-refractivity contribution < 1.29 is 30.1 Å². The van der Waals surface area contributed by atoms with Crippen LogP contribution >= 0.6 is 0 Å². The molecule has 0 radical (unpaired) electrons. The van der Waals surface area contributed by atoms with Crippen molar-refractivity contribution in [2.75, 3.05) is 23.4 Å². The molecule has 0 saturated heterocycles. The standard InChI is InChI=1S/C20H22N8O5.H2O/c1-28(9-11-8-23-17-15(24-11)16(21)26-20(22)27-17)12-4-2-10(3-5-12)18(31)25-13(19(32)33)6-7-14(29)30;/h2-5,8,13H,6-7,9H2,1H3,(H,25,31)(H,29,30)(H,32,33)(H4,21,22,23,26,27);1H2/t13-;/m1./s1. The molecule has 2 aromatic heterocycles. The van der Waals surface area contributed by atoms with Gasteiger partial charge in [0.2, 0.25) is 5.95 Å². The van der Waals surface area contributed by atoms with Crippen molar-refractivity contribution in [2.24, 2.45) is 0 Å². The molecular formula is C20H24N8O6. The van der Waals surface area contributed by atoms with E-state index in [9.17, 15) is 19.5 Å². The minimum atomic E-state index is -1.30. The lowest BCUT2D eigenvalue weighted by molar-refractivity contribution is -0.140. The third-order valence-electron chi connectivity index (χ3n) is 4.72. The van der Waals surface area contributed by atoms with E-state index in [2.05, 4.69) is 25.3 Å². The van der Waals surface area contributed by atoms with Gasteiger partial charge in [-0.2, -0.15) is 9.97 Å². The summed E-state index contributed by atoms with van der Waals surface area (Å²) in [5.41, 5.74) is 13.7. The maximum Gasteiger partial charge on any atom is 0.326 e. The number of benzene rings is 1. The van der Waals surface area contributed by atoms with Gasteiger partial charge in [-0.05, 0) is 30.7 Å². The first-order valence-corrected chi connectivity index (χ1v) is 9.75. The van der Waals surface area contributed by atoms with Crippen LogP contribution in [0.15, 0.2) is 30.5 Å². The highest BCUT2D eigenvalue weighted by atomic mass is 16.4. The number of fused-ring (bicyclic) bond motifs is 1. The van der Waals surface area contributed by atoms with Gasteiger partial charge in [0.1, 0.15) is 6.04 Å². The van der Waals surface area contributed by atoms with Gasteiger partial charge in [0.15, 0.2) is 17.0 Å². The number of aromatic nitrogens is 4. The summed E-state index contributed by atoms with van der Waals surface area (Å²) in [5, 5.41) is 20.2. The van der Waals surface area contributed by atoms with Crippen molar-refractivity contribution in [1.29, 1.82) is 0 Å². The van der Waals surface area contributed by atoms with Crippen molar-refractivity contribution in [1.82, 2.24) is 25.3 Å². The van der Waals surface area contributed by atoms with Crippen LogP contribution in [0.4, 0.5) is 17.5 Å². The van der Waals surface area contributed by atoms with E-state index in [1.165, 1.54) is 12.1 Å². The lowest BCUT2D eigenvalue weighted by atomic mass is 10.1. The van der Waals surface area contributed by atoms with Crippen LogP contribution in [0.1, 0.15) is 28.9 Å². The number of hydrogen-bond donors (Lipinski definition) is 5. The van der Waals surface area contributed by atoms with Crippen LogP contribution in [0.5, 0.6) is 0 Å². The van der Waals surface area contributed by atoms with Crippen LogP contribution in [-0.4, -0.2) is 66.6 Å². The largest absolute Gasteiger partial charge is 0.481 e. The molecule has 3 rings (SSSR count). The van der Waals surface area contributed by atoms with Crippen molar-refractivity contribution in [2.45, 2.75) is 25.4 Å². The third-order valence-corrected chi connectivity index (χ3v) is 4.72. The van der Waals surface area contributed by atoms with Gasteiger partial charge in [0.05, 0.1) is 18.4 Å². The number of carboxylic acids is 2. The molecule has 3 aromatic rings. The monoisotopic (exact) mass is 472 g/mol. The second-order valence-corrected chi connectivity index (χ2v) is 7.20. The van der Waals surface area contributed by atoms with E-state index in [1.807, 2.05) is 11.9 Å². The van der Waals surface area contributed by atoms with Crippen molar-refractivity contribution >= 4 is 46.5 Å². The number of aliphatic carboxylic acids is 2. The van der Waals surface area contributed by atoms with E-state index < -0.39 is 23.9 Å². The lowest BCUT2D eigenvalue weighted by Gasteiger charge is -2.19. The number of anilines is 3. The van der Waals surface area contributed by atoms with Gasteiger partial charge >= 0.3 is 11.9 Å². The van der Waals surface area contributed by atoms with E-state index >= 15 is 0 Å². The molecular weight excluding hydrogens is 448 g/mol. The van der Waals surface area contributed by atoms with Crippen LogP contribution in [0.3, 0.4) is 0 Å². The first-order chi connectivity index (χ1) is 15.6. The fourth-order valence-electron chi connectivity index (χ4n) is 3.03. The molecule has 9 N–H and O–H groups in total. The van der Waals surface area contributed by atoms with Crippen LogP contribution in [0.25, 0.3) is 11.2 Å². The van der Waals surface area contributed by atoms with Crippen molar-refractivity contribution in [3.05, 3.63) is 41.7 Å². The third kappa shape index (κ3) is 6.23. The van der Waals surface area contributed by atoms with E-state index in [0.29, 0.717) is 23.4 Å². The molecule has 0 aliphatic carbocycles. The van der Waals surface area contributed by atoms with E-state index in [-0.39, 0.29) is 35.6 Å². The number of carbonyl (C=O) groups is 3. The number of rotatable bonds is 9. The molecule has 14 nitrogen and oxygen atoms in total. The van der Waals surface area contributed by atoms with Gasteiger partial charge in [0.25, 0.3) is 5.91 Å². The fourth-order valence-corrected chi connectivity index (χ4v) is 3.03. The van der Waals surface area contributed by atoms with Gasteiger partial charge in [-0.25, -0.2) is 14.8 Å². The number of nitrogens with two attached hydrogens (primary N) is 2. The van der Waals surface area contributed by atoms with Crippen LogP contribution in [0, 0.1) is 0 Å². The summed E-state index contributed by atoms with van der Waals surface area (Å²) in [6.07, 6.45) is 0.964. The Morgan fingerprint density at radius 2 is 1.76 bits per heavy atom. The SMILES string of the molecule is CN(Cc1cnc2nc(N)nc(N)c2n1)c1ccc(C(=O)N[C@H](CCC(=O)O)C(=O)O)cc1.O. The Bertz CT molecular complexity index is 1200. The topological polar surface area (TPSA) is 242 Å². The molecule has 1 aromatic carbocycles. The molecule has 0 saturated carbocycles. The lowest BCUT2D eigenvalue weighted by Crippen LogP contribution is -2.41. The molecule has 0 spiro atoms. The van der Waals surface area contributed by atoms with Gasteiger partial charge in [-0.15, -0.1) is 0 Å². The Hall–Kier alpha value is -4.59. The predicted molar refractivity (Wildman–Crippen MR) is 122 cm³/mol. The zero-order valence-electron chi connectivity index (χ0n) is 18.1. The summed E-state index contributed by atoms with van der Waals surface area (Å²) in [5.74, 6) is -2.91. The van der Waals surface area contributed by atoms with Gasteiger partial charge in [0, 0.05) is 24.7 Å². The minimum Gasteiger partial charge on any atom is -0.481 e.